The van der Waals surface area contributed by atoms with Crippen LogP contribution in [0.25, 0.3) is 0 Å². The number of rotatable bonds is 6. The Bertz CT molecular complexity index is 476. The summed E-state index contributed by atoms with van der Waals surface area (Å²) in [6, 6.07) is 2.18. The first-order valence-electron chi connectivity index (χ1n) is 8.08. The first kappa shape index (κ1) is 16.0. The van der Waals surface area contributed by atoms with Gasteiger partial charge in [0.15, 0.2) is 0 Å². The van der Waals surface area contributed by atoms with Gasteiger partial charge in [0, 0.05) is 19.1 Å². The Morgan fingerprint density at radius 1 is 1.48 bits per heavy atom. The maximum absolute atomic E-state index is 12.9. The summed E-state index contributed by atoms with van der Waals surface area (Å²) in [5.74, 6) is 0.319. The number of hydrogen-bond donors (Lipinski definition) is 1. The number of aliphatic hydroxyl groups is 1. The highest BCUT2D eigenvalue weighted by molar-refractivity contribution is 5.93. The molecular formula is C16H27N3O2. The zero-order chi connectivity index (χ0) is 15.4. The molecule has 0 aromatic carbocycles. The molecule has 1 saturated carbocycles. The lowest BCUT2D eigenvalue weighted by Crippen LogP contribution is -2.41. The normalized spacial score (nSPS) is 15.9. The van der Waals surface area contributed by atoms with Gasteiger partial charge in [-0.05, 0) is 31.7 Å². The summed E-state index contributed by atoms with van der Waals surface area (Å²) < 4.78 is 1.79. The van der Waals surface area contributed by atoms with E-state index in [1.807, 2.05) is 17.9 Å². The van der Waals surface area contributed by atoms with Crippen molar-refractivity contribution in [1.82, 2.24) is 14.7 Å². The SMILES string of the molecule is CCn1nc(C(C)C)cc1C(=O)N(CCO)C1CCCC1. The van der Waals surface area contributed by atoms with Gasteiger partial charge < -0.3 is 10.0 Å². The molecule has 1 aromatic rings. The molecular weight excluding hydrogens is 266 g/mol. The highest BCUT2D eigenvalue weighted by atomic mass is 16.3. The van der Waals surface area contributed by atoms with Gasteiger partial charge in [0.05, 0.1) is 12.3 Å². The smallest absolute Gasteiger partial charge is 0.272 e. The zero-order valence-corrected chi connectivity index (χ0v) is 13.4. The lowest BCUT2D eigenvalue weighted by atomic mass is 10.1. The monoisotopic (exact) mass is 293 g/mol. The Hall–Kier alpha value is -1.36. The third-order valence-corrected chi connectivity index (χ3v) is 4.28. The third-order valence-electron chi connectivity index (χ3n) is 4.28. The number of carbonyl (C=O) groups is 1. The van der Waals surface area contributed by atoms with Crippen LogP contribution in [0.1, 0.15) is 68.6 Å². The molecule has 5 heteroatoms. The number of aromatic nitrogens is 2. The Morgan fingerprint density at radius 3 is 2.67 bits per heavy atom. The van der Waals surface area contributed by atoms with Crippen molar-refractivity contribution in [2.75, 3.05) is 13.2 Å². The first-order chi connectivity index (χ1) is 10.1. The minimum atomic E-state index is 0.0113. The van der Waals surface area contributed by atoms with E-state index in [-0.39, 0.29) is 18.6 Å². The van der Waals surface area contributed by atoms with Gasteiger partial charge in [-0.2, -0.15) is 5.10 Å². The van der Waals surface area contributed by atoms with E-state index in [0.717, 1.165) is 18.5 Å². The third kappa shape index (κ3) is 3.46. The Morgan fingerprint density at radius 2 is 2.14 bits per heavy atom. The summed E-state index contributed by atoms with van der Waals surface area (Å²) in [7, 11) is 0. The molecule has 0 aliphatic heterocycles. The second kappa shape index (κ2) is 7.07. The minimum absolute atomic E-state index is 0.0113. The number of nitrogens with zero attached hydrogens (tertiary/aromatic N) is 3. The highest BCUT2D eigenvalue weighted by Gasteiger charge is 2.29. The van der Waals surface area contributed by atoms with Gasteiger partial charge in [-0.25, -0.2) is 0 Å². The summed E-state index contributed by atoms with van der Waals surface area (Å²) in [5, 5.41) is 13.8. The number of aliphatic hydroxyl groups excluding tert-OH is 1. The minimum Gasteiger partial charge on any atom is -0.395 e. The number of hydrogen-bond acceptors (Lipinski definition) is 3. The number of aryl methyl sites for hydroxylation is 1. The van der Waals surface area contributed by atoms with Gasteiger partial charge >= 0.3 is 0 Å². The van der Waals surface area contributed by atoms with E-state index >= 15 is 0 Å². The fourth-order valence-corrected chi connectivity index (χ4v) is 3.05. The molecule has 0 atom stereocenters. The van der Waals surface area contributed by atoms with Gasteiger partial charge in [-0.15, -0.1) is 0 Å². The molecule has 0 unspecified atom stereocenters. The van der Waals surface area contributed by atoms with E-state index < -0.39 is 0 Å². The highest BCUT2D eigenvalue weighted by Crippen LogP contribution is 2.25. The lowest BCUT2D eigenvalue weighted by molar-refractivity contribution is 0.0625. The van der Waals surface area contributed by atoms with E-state index in [4.69, 9.17) is 0 Å². The lowest BCUT2D eigenvalue weighted by Gasteiger charge is -2.28. The second-order valence-corrected chi connectivity index (χ2v) is 6.09. The van der Waals surface area contributed by atoms with Gasteiger partial charge in [0.2, 0.25) is 0 Å². The van der Waals surface area contributed by atoms with Crippen LogP contribution in [0.5, 0.6) is 0 Å². The fraction of sp³-hybridized carbons (Fsp3) is 0.750. The average Bonchev–Trinajstić information content (AvgIpc) is 3.12. The molecule has 1 N–H and O–H groups in total. The molecule has 0 spiro atoms. The molecule has 0 saturated heterocycles. The summed E-state index contributed by atoms with van der Waals surface area (Å²) in [5.41, 5.74) is 1.61. The first-order valence-corrected chi connectivity index (χ1v) is 8.08. The molecule has 1 aliphatic rings. The molecule has 5 nitrogen and oxygen atoms in total. The van der Waals surface area contributed by atoms with Crippen molar-refractivity contribution in [3.63, 3.8) is 0 Å². The Balaban J connectivity index is 2.26. The molecule has 0 radical (unpaired) electrons. The van der Waals surface area contributed by atoms with Crippen molar-refractivity contribution >= 4 is 5.91 Å². The number of carbonyl (C=O) groups excluding carboxylic acids is 1. The topological polar surface area (TPSA) is 58.4 Å². The molecule has 118 valence electrons. The summed E-state index contributed by atoms with van der Waals surface area (Å²) in [4.78, 5) is 14.7. The zero-order valence-electron chi connectivity index (χ0n) is 13.4. The molecule has 1 aromatic heterocycles. The van der Waals surface area contributed by atoms with Gasteiger partial charge in [0.25, 0.3) is 5.91 Å². The largest absolute Gasteiger partial charge is 0.395 e. The maximum Gasteiger partial charge on any atom is 0.272 e. The van der Waals surface area contributed by atoms with E-state index in [2.05, 4.69) is 18.9 Å². The van der Waals surface area contributed by atoms with Crippen LogP contribution in [0, 0.1) is 0 Å². The predicted octanol–water partition coefficient (Wildman–Crippen LogP) is 2.40. The van der Waals surface area contributed by atoms with E-state index in [1.54, 1.807) is 4.68 Å². The summed E-state index contributed by atoms with van der Waals surface area (Å²) in [6.07, 6.45) is 4.43. The van der Waals surface area contributed by atoms with Crippen molar-refractivity contribution in [2.24, 2.45) is 0 Å². The van der Waals surface area contributed by atoms with Crippen LogP contribution in [0.2, 0.25) is 0 Å². The maximum atomic E-state index is 12.9. The van der Waals surface area contributed by atoms with Crippen molar-refractivity contribution in [3.05, 3.63) is 17.5 Å². The van der Waals surface area contributed by atoms with E-state index in [9.17, 15) is 9.90 Å². The van der Waals surface area contributed by atoms with Crippen LogP contribution in [0.3, 0.4) is 0 Å². The van der Waals surface area contributed by atoms with Gasteiger partial charge in [0.1, 0.15) is 5.69 Å². The molecule has 2 rings (SSSR count). The second-order valence-electron chi connectivity index (χ2n) is 6.09. The quantitative estimate of drug-likeness (QED) is 0.876. The predicted molar refractivity (Wildman–Crippen MR) is 82.4 cm³/mol. The van der Waals surface area contributed by atoms with Gasteiger partial charge in [-0.1, -0.05) is 26.7 Å². The molecule has 1 aliphatic carbocycles. The Kier molecular flexibility index (Phi) is 5.39. The fourth-order valence-electron chi connectivity index (χ4n) is 3.05. The van der Waals surface area contributed by atoms with E-state index in [0.29, 0.717) is 24.7 Å². The van der Waals surface area contributed by atoms with Gasteiger partial charge in [-0.3, -0.25) is 9.48 Å². The molecule has 1 heterocycles. The van der Waals surface area contributed by atoms with Crippen LogP contribution in [-0.2, 0) is 6.54 Å². The molecule has 1 fully saturated rings. The van der Waals surface area contributed by atoms with Crippen molar-refractivity contribution in [3.8, 4) is 0 Å². The van der Waals surface area contributed by atoms with Crippen molar-refractivity contribution in [2.45, 2.75) is 65.0 Å². The van der Waals surface area contributed by atoms with Crippen LogP contribution >= 0.6 is 0 Å². The summed E-state index contributed by atoms with van der Waals surface area (Å²) in [6.45, 7) is 7.28. The molecule has 0 bridgehead atoms. The molecule has 1 amide bonds. The van der Waals surface area contributed by atoms with E-state index in [1.165, 1.54) is 12.8 Å². The molecule has 21 heavy (non-hydrogen) atoms. The Labute approximate surface area is 126 Å². The van der Waals surface area contributed by atoms with Crippen LogP contribution < -0.4 is 0 Å². The van der Waals surface area contributed by atoms with Crippen LogP contribution in [0.15, 0.2) is 6.07 Å². The summed E-state index contributed by atoms with van der Waals surface area (Å²) >= 11 is 0. The van der Waals surface area contributed by atoms with Crippen molar-refractivity contribution in [1.29, 1.82) is 0 Å². The average molecular weight is 293 g/mol. The standard InChI is InChI=1S/C16H27N3O2/c1-4-19-15(11-14(17-19)12(2)3)16(21)18(9-10-20)13-7-5-6-8-13/h11-13,20H,4-10H2,1-3H3. The van der Waals surface area contributed by atoms with Crippen LogP contribution in [-0.4, -0.2) is 44.9 Å². The number of amides is 1. The van der Waals surface area contributed by atoms with Crippen molar-refractivity contribution < 1.29 is 9.90 Å². The van der Waals surface area contributed by atoms with Crippen LogP contribution in [0.4, 0.5) is 0 Å².